The Morgan fingerprint density at radius 3 is 2.93 bits per heavy atom. The van der Waals surface area contributed by atoms with E-state index in [0.717, 1.165) is 11.1 Å². The molecule has 78 valence electrons. The van der Waals surface area contributed by atoms with Crippen molar-refractivity contribution >= 4 is 5.97 Å². The van der Waals surface area contributed by atoms with Crippen molar-refractivity contribution in [3.63, 3.8) is 0 Å². The second-order valence-electron chi connectivity index (χ2n) is 3.06. The van der Waals surface area contributed by atoms with Crippen LogP contribution in [0.2, 0.25) is 0 Å². The zero-order valence-corrected chi connectivity index (χ0v) is 8.78. The predicted octanol–water partition coefficient (Wildman–Crippen LogP) is 1.37. The van der Waals surface area contributed by atoms with Crippen molar-refractivity contribution in [2.75, 3.05) is 6.61 Å². The molecule has 1 aromatic rings. The SMILES string of the molecule is CCOC(=O)Cc1cncc(C#N)c1C. The summed E-state index contributed by atoms with van der Waals surface area (Å²) in [6.07, 6.45) is 3.25. The number of hydrogen-bond donors (Lipinski definition) is 0. The molecule has 4 nitrogen and oxygen atoms in total. The third-order valence-electron chi connectivity index (χ3n) is 2.08. The van der Waals surface area contributed by atoms with Crippen molar-refractivity contribution in [2.45, 2.75) is 20.3 Å². The van der Waals surface area contributed by atoms with Crippen molar-refractivity contribution in [3.05, 3.63) is 29.1 Å². The quantitative estimate of drug-likeness (QED) is 0.697. The standard InChI is InChI=1S/C11H12N2O2/c1-3-15-11(14)4-9-6-13-7-10(5-12)8(9)2/h6-7H,3-4H2,1-2H3. The number of rotatable bonds is 3. The molecule has 1 aromatic heterocycles. The molecular formula is C11H12N2O2. The van der Waals surface area contributed by atoms with E-state index in [0.29, 0.717) is 12.2 Å². The van der Waals surface area contributed by atoms with Gasteiger partial charge in [0.15, 0.2) is 0 Å². The normalized spacial score (nSPS) is 9.40. The third-order valence-corrected chi connectivity index (χ3v) is 2.08. The highest BCUT2D eigenvalue weighted by molar-refractivity contribution is 5.73. The number of carbonyl (C=O) groups is 1. The van der Waals surface area contributed by atoms with Crippen LogP contribution in [-0.2, 0) is 16.0 Å². The van der Waals surface area contributed by atoms with Crippen molar-refractivity contribution < 1.29 is 9.53 Å². The summed E-state index contributed by atoms with van der Waals surface area (Å²) in [7, 11) is 0. The highest BCUT2D eigenvalue weighted by atomic mass is 16.5. The third kappa shape index (κ3) is 2.78. The topological polar surface area (TPSA) is 63.0 Å². The van der Waals surface area contributed by atoms with Gasteiger partial charge in [-0.1, -0.05) is 0 Å². The van der Waals surface area contributed by atoms with Crippen molar-refractivity contribution in [3.8, 4) is 6.07 Å². The second-order valence-corrected chi connectivity index (χ2v) is 3.06. The Morgan fingerprint density at radius 2 is 2.33 bits per heavy atom. The Bertz CT molecular complexity index is 408. The van der Waals surface area contributed by atoms with E-state index < -0.39 is 0 Å². The summed E-state index contributed by atoms with van der Waals surface area (Å²) < 4.78 is 4.82. The maximum atomic E-state index is 11.2. The summed E-state index contributed by atoms with van der Waals surface area (Å²) >= 11 is 0. The Morgan fingerprint density at radius 1 is 1.60 bits per heavy atom. The number of esters is 1. The highest BCUT2D eigenvalue weighted by Crippen LogP contribution is 2.11. The summed E-state index contributed by atoms with van der Waals surface area (Å²) in [6, 6.07) is 2.03. The van der Waals surface area contributed by atoms with E-state index >= 15 is 0 Å². The molecule has 0 saturated carbocycles. The average molecular weight is 204 g/mol. The summed E-state index contributed by atoms with van der Waals surface area (Å²) in [6.45, 7) is 3.92. The Labute approximate surface area is 88.5 Å². The molecule has 0 bridgehead atoms. The first-order chi connectivity index (χ1) is 7.19. The average Bonchev–Trinajstić information content (AvgIpc) is 2.21. The van der Waals surface area contributed by atoms with E-state index in [2.05, 4.69) is 4.98 Å². The second kappa shape index (κ2) is 5.11. The molecule has 0 aromatic carbocycles. The Hall–Kier alpha value is -1.89. The first-order valence-electron chi connectivity index (χ1n) is 4.68. The Balaban J connectivity index is 2.87. The van der Waals surface area contributed by atoms with Gasteiger partial charge in [-0.05, 0) is 25.0 Å². The van der Waals surface area contributed by atoms with E-state index in [1.807, 2.05) is 6.07 Å². The predicted molar refractivity (Wildman–Crippen MR) is 54.0 cm³/mol. The molecule has 0 aliphatic carbocycles. The van der Waals surface area contributed by atoms with Gasteiger partial charge in [0, 0.05) is 12.4 Å². The van der Waals surface area contributed by atoms with Crippen molar-refractivity contribution in [1.82, 2.24) is 4.98 Å². The van der Waals surface area contributed by atoms with E-state index in [1.165, 1.54) is 6.20 Å². The number of hydrogen-bond acceptors (Lipinski definition) is 4. The van der Waals surface area contributed by atoms with Crippen molar-refractivity contribution in [1.29, 1.82) is 5.26 Å². The number of carbonyl (C=O) groups excluding carboxylic acids is 1. The van der Waals surface area contributed by atoms with Crippen LogP contribution in [-0.4, -0.2) is 17.6 Å². The summed E-state index contributed by atoms with van der Waals surface area (Å²) in [5.74, 6) is -0.294. The molecule has 0 aliphatic heterocycles. The molecule has 0 saturated heterocycles. The van der Waals surface area contributed by atoms with E-state index in [9.17, 15) is 4.79 Å². The van der Waals surface area contributed by atoms with Gasteiger partial charge in [-0.25, -0.2) is 0 Å². The highest BCUT2D eigenvalue weighted by Gasteiger charge is 2.09. The molecule has 0 atom stereocenters. The zero-order chi connectivity index (χ0) is 11.3. The zero-order valence-electron chi connectivity index (χ0n) is 8.78. The van der Waals surface area contributed by atoms with Gasteiger partial charge >= 0.3 is 5.97 Å². The van der Waals surface area contributed by atoms with Crippen LogP contribution in [0.3, 0.4) is 0 Å². The van der Waals surface area contributed by atoms with Gasteiger partial charge in [0.25, 0.3) is 0 Å². The van der Waals surface area contributed by atoms with Gasteiger partial charge in [0.2, 0.25) is 0 Å². The first kappa shape index (κ1) is 11.2. The maximum absolute atomic E-state index is 11.2. The summed E-state index contributed by atoms with van der Waals surface area (Å²) in [5.41, 5.74) is 2.03. The fourth-order valence-corrected chi connectivity index (χ4v) is 1.23. The largest absolute Gasteiger partial charge is 0.466 e. The fraction of sp³-hybridized carbons (Fsp3) is 0.364. The van der Waals surface area contributed by atoms with Crippen LogP contribution < -0.4 is 0 Å². The van der Waals surface area contributed by atoms with E-state index in [1.54, 1.807) is 20.0 Å². The van der Waals surface area contributed by atoms with Crippen LogP contribution in [0.4, 0.5) is 0 Å². The smallest absolute Gasteiger partial charge is 0.310 e. The number of nitrogens with zero attached hydrogens (tertiary/aromatic N) is 2. The lowest BCUT2D eigenvalue weighted by Gasteiger charge is -2.05. The van der Waals surface area contributed by atoms with Gasteiger partial charge in [-0.15, -0.1) is 0 Å². The number of pyridine rings is 1. The molecule has 0 N–H and O–H groups in total. The minimum Gasteiger partial charge on any atom is -0.466 e. The summed E-state index contributed by atoms with van der Waals surface area (Å²) in [5, 5.41) is 8.77. The lowest BCUT2D eigenvalue weighted by atomic mass is 10.0. The molecule has 0 spiro atoms. The molecule has 0 amide bonds. The molecule has 0 fully saturated rings. The van der Waals surface area contributed by atoms with Crippen LogP contribution in [0.25, 0.3) is 0 Å². The fourth-order valence-electron chi connectivity index (χ4n) is 1.23. The van der Waals surface area contributed by atoms with Crippen molar-refractivity contribution in [2.24, 2.45) is 0 Å². The van der Waals surface area contributed by atoms with Crippen LogP contribution in [0.5, 0.6) is 0 Å². The van der Waals surface area contributed by atoms with Crippen LogP contribution in [0.15, 0.2) is 12.4 Å². The van der Waals surface area contributed by atoms with Crippen LogP contribution in [0, 0.1) is 18.3 Å². The van der Waals surface area contributed by atoms with Gasteiger partial charge in [0.05, 0.1) is 18.6 Å². The molecule has 1 heterocycles. The number of aromatic nitrogens is 1. The lowest BCUT2D eigenvalue weighted by Crippen LogP contribution is -2.09. The minimum absolute atomic E-state index is 0.169. The number of nitriles is 1. The van der Waals surface area contributed by atoms with Crippen LogP contribution in [0.1, 0.15) is 23.6 Å². The number of ether oxygens (including phenoxy) is 1. The van der Waals surface area contributed by atoms with Gasteiger partial charge in [-0.2, -0.15) is 5.26 Å². The van der Waals surface area contributed by atoms with Gasteiger partial charge < -0.3 is 4.74 Å². The molecule has 0 aliphatic rings. The molecule has 0 radical (unpaired) electrons. The van der Waals surface area contributed by atoms with E-state index in [-0.39, 0.29) is 12.4 Å². The lowest BCUT2D eigenvalue weighted by molar-refractivity contribution is -0.142. The Kier molecular flexibility index (Phi) is 3.81. The van der Waals surface area contributed by atoms with Gasteiger partial charge in [-0.3, -0.25) is 9.78 Å². The molecule has 15 heavy (non-hydrogen) atoms. The van der Waals surface area contributed by atoms with Gasteiger partial charge in [0.1, 0.15) is 6.07 Å². The monoisotopic (exact) mass is 204 g/mol. The first-order valence-corrected chi connectivity index (χ1v) is 4.68. The minimum atomic E-state index is -0.294. The molecule has 4 heteroatoms. The molecule has 1 rings (SSSR count). The molecular weight excluding hydrogens is 192 g/mol. The summed E-state index contributed by atoms with van der Waals surface area (Å²) in [4.78, 5) is 15.1. The van der Waals surface area contributed by atoms with Crippen LogP contribution >= 0.6 is 0 Å². The maximum Gasteiger partial charge on any atom is 0.310 e. The molecule has 0 unspecified atom stereocenters. The van der Waals surface area contributed by atoms with E-state index in [4.69, 9.17) is 10.00 Å².